The molecule has 0 fully saturated rings. The Labute approximate surface area is 141 Å². The van der Waals surface area contributed by atoms with Crippen LogP contribution >= 0.6 is 21.6 Å². The van der Waals surface area contributed by atoms with Crippen LogP contribution in [0.3, 0.4) is 0 Å². The lowest BCUT2D eigenvalue weighted by molar-refractivity contribution is 0.310. The number of ether oxygens (including phenoxy) is 2. The lowest BCUT2D eigenvalue weighted by Gasteiger charge is -2.12. The fourth-order valence-corrected chi connectivity index (χ4v) is 4.02. The Morgan fingerprint density at radius 1 is 0.682 bits per heavy atom. The number of para-hydroxylation sites is 2. The van der Waals surface area contributed by atoms with Gasteiger partial charge < -0.3 is 9.47 Å². The van der Waals surface area contributed by atoms with Crippen LogP contribution in [0.4, 0.5) is 0 Å². The molecular formula is C18H22O2S2. The SMILES string of the molecule is CCCOc1ccccc1SSc1ccccc1OCCC. The molecule has 2 aromatic rings. The Morgan fingerprint density at radius 3 is 1.50 bits per heavy atom. The van der Waals surface area contributed by atoms with E-state index in [9.17, 15) is 0 Å². The van der Waals surface area contributed by atoms with E-state index in [0.29, 0.717) is 0 Å². The molecular weight excluding hydrogens is 312 g/mol. The molecule has 118 valence electrons. The van der Waals surface area contributed by atoms with Crippen LogP contribution < -0.4 is 9.47 Å². The fourth-order valence-electron chi connectivity index (χ4n) is 1.79. The summed E-state index contributed by atoms with van der Waals surface area (Å²) in [6.07, 6.45) is 2.03. The third-order valence-corrected chi connectivity index (χ3v) is 5.29. The largest absolute Gasteiger partial charge is 0.492 e. The first-order valence-corrected chi connectivity index (χ1v) is 9.78. The highest BCUT2D eigenvalue weighted by molar-refractivity contribution is 8.76. The van der Waals surface area contributed by atoms with Crippen LogP contribution in [0.25, 0.3) is 0 Å². The molecule has 0 bridgehead atoms. The van der Waals surface area contributed by atoms with Gasteiger partial charge in [0.15, 0.2) is 0 Å². The van der Waals surface area contributed by atoms with Gasteiger partial charge in [0, 0.05) is 0 Å². The van der Waals surface area contributed by atoms with Gasteiger partial charge in [-0.25, -0.2) is 0 Å². The van der Waals surface area contributed by atoms with Crippen molar-refractivity contribution in [2.45, 2.75) is 36.5 Å². The van der Waals surface area contributed by atoms with Crippen molar-refractivity contribution in [1.82, 2.24) is 0 Å². The molecule has 0 atom stereocenters. The van der Waals surface area contributed by atoms with E-state index in [1.807, 2.05) is 36.4 Å². The molecule has 0 aliphatic rings. The maximum atomic E-state index is 5.80. The van der Waals surface area contributed by atoms with Gasteiger partial charge in [0.1, 0.15) is 11.5 Å². The second-order valence-electron chi connectivity index (χ2n) is 4.76. The van der Waals surface area contributed by atoms with Crippen molar-refractivity contribution in [3.05, 3.63) is 48.5 Å². The minimum atomic E-state index is 0.748. The van der Waals surface area contributed by atoms with Gasteiger partial charge in [-0.15, -0.1) is 0 Å². The maximum absolute atomic E-state index is 5.80. The van der Waals surface area contributed by atoms with E-state index in [-0.39, 0.29) is 0 Å². The summed E-state index contributed by atoms with van der Waals surface area (Å²) in [4.78, 5) is 2.29. The molecule has 0 saturated carbocycles. The van der Waals surface area contributed by atoms with Crippen LogP contribution in [0.15, 0.2) is 58.3 Å². The predicted octanol–water partition coefficient (Wildman–Crippen LogP) is 6.06. The first-order chi connectivity index (χ1) is 10.8. The summed E-state index contributed by atoms with van der Waals surface area (Å²) >= 11 is 0. The van der Waals surface area contributed by atoms with Crippen LogP contribution in [0, 0.1) is 0 Å². The average Bonchev–Trinajstić information content (AvgIpc) is 2.57. The second-order valence-corrected chi connectivity index (χ2v) is 6.97. The second kappa shape index (κ2) is 9.70. The van der Waals surface area contributed by atoms with Crippen molar-refractivity contribution in [2.75, 3.05) is 13.2 Å². The van der Waals surface area contributed by atoms with Gasteiger partial charge >= 0.3 is 0 Å². The standard InChI is InChI=1S/C18H22O2S2/c1-3-13-19-15-9-5-7-11-17(15)21-22-18-12-8-6-10-16(18)20-14-4-2/h5-12H,3-4,13-14H2,1-2H3. The van der Waals surface area contributed by atoms with Crippen LogP contribution in [0.5, 0.6) is 11.5 Å². The lowest BCUT2D eigenvalue weighted by Crippen LogP contribution is -1.96. The van der Waals surface area contributed by atoms with Gasteiger partial charge in [-0.2, -0.15) is 0 Å². The molecule has 0 aromatic heterocycles. The third kappa shape index (κ3) is 5.18. The number of rotatable bonds is 9. The van der Waals surface area contributed by atoms with Gasteiger partial charge in [0.25, 0.3) is 0 Å². The molecule has 0 saturated heterocycles. The zero-order valence-electron chi connectivity index (χ0n) is 13.1. The summed E-state index contributed by atoms with van der Waals surface area (Å²) in [5, 5.41) is 0. The summed E-state index contributed by atoms with van der Waals surface area (Å²) in [5.41, 5.74) is 0. The predicted molar refractivity (Wildman–Crippen MR) is 96.2 cm³/mol. The molecule has 0 amide bonds. The highest BCUT2D eigenvalue weighted by Crippen LogP contribution is 2.44. The highest BCUT2D eigenvalue weighted by atomic mass is 33.1. The van der Waals surface area contributed by atoms with E-state index in [1.165, 1.54) is 0 Å². The van der Waals surface area contributed by atoms with E-state index in [1.54, 1.807) is 21.6 Å². The third-order valence-electron chi connectivity index (χ3n) is 2.84. The molecule has 0 aliphatic carbocycles. The van der Waals surface area contributed by atoms with Crippen molar-refractivity contribution in [3.63, 3.8) is 0 Å². The molecule has 0 aliphatic heterocycles. The molecule has 0 N–H and O–H groups in total. The van der Waals surface area contributed by atoms with Gasteiger partial charge in [-0.05, 0) is 58.7 Å². The summed E-state index contributed by atoms with van der Waals surface area (Å²) in [6.45, 7) is 5.73. The highest BCUT2D eigenvalue weighted by Gasteiger charge is 2.08. The van der Waals surface area contributed by atoms with Crippen molar-refractivity contribution in [1.29, 1.82) is 0 Å². The number of hydrogen-bond donors (Lipinski definition) is 0. The topological polar surface area (TPSA) is 18.5 Å². The van der Waals surface area contributed by atoms with Gasteiger partial charge in [-0.1, -0.05) is 38.1 Å². The van der Waals surface area contributed by atoms with Crippen LogP contribution in [0.2, 0.25) is 0 Å². The van der Waals surface area contributed by atoms with Gasteiger partial charge in [0.05, 0.1) is 23.0 Å². The van der Waals surface area contributed by atoms with E-state index in [4.69, 9.17) is 9.47 Å². The van der Waals surface area contributed by atoms with Crippen molar-refractivity contribution >= 4 is 21.6 Å². The Balaban J connectivity index is 2.04. The summed E-state index contributed by atoms with van der Waals surface area (Å²) in [6, 6.07) is 16.4. The van der Waals surface area contributed by atoms with Crippen molar-refractivity contribution in [3.8, 4) is 11.5 Å². The van der Waals surface area contributed by atoms with Crippen molar-refractivity contribution in [2.24, 2.45) is 0 Å². The molecule has 4 heteroatoms. The zero-order valence-corrected chi connectivity index (χ0v) is 14.7. The smallest absolute Gasteiger partial charge is 0.133 e. The van der Waals surface area contributed by atoms with Gasteiger partial charge in [-0.3, -0.25) is 0 Å². The minimum absolute atomic E-state index is 0.748. The minimum Gasteiger partial charge on any atom is -0.492 e. The quantitative estimate of drug-likeness (QED) is 0.518. The molecule has 0 heterocycles. The molecule has 22 heavy (non-hydrogen) atoms. The monoisotopic (exact) mass is 334 g/mol. The van der Waals surface area contributed by atoms with E-state index in [0.717, 1.165) is 47.3 Å². The Bertz CT molecular complexity index is 521. The average molecular weight is 335 g/mol. The van der Waals surface area contributed by atoms with Crippen LogP contribution in [-0.2, 0) is 0 Å². The van der Waals surface area contributed by atoms with Gasteiger partial charge in [0.2, 0.25) is 0 Å². The first kappa shape index (κ1) is 17.1. The summed E-state index contributed by atoms with van der Waals surface area (Å²) in [7, 11) is 3.42. The molecule has 0 radical (unpaired) electrons. The Morgan fingerprint density at radius 2 is 1.09 bits per heavy atom. The number of hydrogen-bond acceptors (Lipinski definition) is 4. The Hall–Kier alpha value is -1.26. The van der Waals surface area contributed by atoms with E-state index >= 15 is 0 Å². The molecule has 0 spiro atoms. The molecule has 2 rings (SSSR count). The summed E-state index contributed by atoms with van der Waals surface area (Å²) < 4.78 is 11.6. The van der Waals surface area contributed by atoms with E-state index in [2.05, 4.69) is 26.0 Å². The lowest BCUT2D eigenvalue weighted by atomic mass is 10.3. The number of benzene rings is 2. The van der Waals surface area contributed by atoms with Crippen molar-refractivity contribution < 1.29 is 9.47 Å². The molecule has 0 unspecified atom stereocenters. The normalized spacial score (nSPS) is 10.5. The molecule has 2 nitrogen and oxygen atoms in total. The fraction of sp³-hybridized carbons (Fsp3) is 0.333. The van der Waals surface area contributed by atoms with Crippen LogP contribution in [-0.4, -0.2) is 13.2 Å². The summed E-state index contributed by atoms with van der Waals surface area (Å²) in [5.74, 6) is 1.91. The van der Waals surface area contributed by atoms with E-state index < -0.39 is 0 Å². The van der Waals surface area contributed by atoms with Crippen LogP contribution in [0.1, 0.15) is 26.7 Å². The first-order valence-electron chi connectivity index (χ1n) is 7.63. The maximum Gasteiger partial charge on any atom is 0.133 e. The Kier molecular flexibility index (Phi) is 7.54. The zero-order chi connectivity index (χ0) is 15.6. The molecule has 2 aromatic carbocycles.